The van der Waals surface area contributed by atoms with Gasteiger partial charge in [0, 0.05) is 34.0 Å². The predicted molar refractivity (Wildman–Crippen MR) is 102 cm³/mol. The van der Waals surface area contributed by atoms with E-state index < -0.39 is 0 Å². The Morgan fingerprint density at radius 2 is 1.84 bits per heavy atom. The summed E-state index contributed by atoms with van der Waals surface area (Å²) in [5.74, 6) is 0.365. The van der Waals surface area contributed by atoms with Crippen molar-refractivity contribution < 1.29 is 4.79 Å². The third-order valence-corrected chi connectivity index (χ3v) is 4.12. The van der Waals surface area contributed by atoms with Gasteiger partial charge in [0.1, 0.15) is 5.82 Å². The number of carbonyl (C=O) groups excluding carboxylic acids is 1. The zero-order valence-corrected chi connectivity index (χ0v) is 14.7. The van der Waals surface area contributed by atoms with Crippen LogP contribution in [0.15, 0.2) is 66.9 Å². The molecular weight excluding hydrogens is 357 g/mol. The maximum Gasteiger partial charge on any atom is 0.251 e. The van der Waals surface area contributed by atoms with Crippen molar-refractivity contribution in [1.29, 1.82) is 0 Å². The molecule has 3 rings (SSSR count). The molecule has 0 atom stereocenters. The van der Waals surface area contributed by atoms with Crippen molar-refractivity contribution >= 4 is 40.6 Å². The Kier molecular flexibility index (Phi) is 5.53. The number of benzene rings is 2. The van der Waals surface area contributed by atoms with Crippen LogP contribution < -0.4 is 10.6 Å². The number of carbonyl (C=O) groups is 1. The molecule has 25 heavy (non-hydrogen) atoms. The smallest absolute Gasteiger partial charge is 0.251 e. The number of pyridine rings is 1. The van der Waals surface area contributed by atoms with E-state index in [1.807, 2.05) is 30.3 Å². The molecular formula is C19H15Cl2N3O. The van der Waals surface area contributed by atoms with Crippen LogP contribution >= 0.6 is 23.2 Å². The third-order valence-electron chi connectivity index (χ3n) is 3.52. The number of nitrogens with zero attached hydrogens (tertiary/aromatic N) is 1. The lowest BCUT2D eigenvalue weighted by Crippen LogP contribution is -2.23. The van der Waals surface area contributed by atoms with Gasteiger partial charge in [-0.3, -0.25) is 4.79 Å². The minimum absolute atomic E-state index is 0.198. The molecule has 2 N–H and O–H groups in total. The summed E-state index contributed by atoms with van der Waals surface area (Å²) in [4.78, 5) is 16.6. The molecule has 0 unspecified atom stereocenters. The summed E-state index contributed by atoms with van der Waals surface area (Å²) in [7, 11) is 0. The second-order valence-corrected chi connectivity index (χ2v) is 6.18. The van der Waals surface area contributed by atoms with Gasteiger partial charge in [-0.1, -0.05) is 47.5 Å². The molecule has 0 fully saturated rings. The van der Waals surface area contributed by atoms with Gasteiger partial charge in [-0.2, -0.15) is 0 Å². The molecule has 0 saturated heterocycles. The predicted octanol–water partition coefficient (Wildman–Crippen LogP) is 5.06. The SMILES string of the molecule is O=C(NCc1ccccc1Cl)c1ccnc(Nc2cccc(Cl)c2)c1. The van der Waals surface area contributed by atoms with Crippen molar-refractivity contribution in [3.8, 4) is 0 Å². The van der Waals surface area contributed by atoms with E-state index in [0.717, 1.165) is 11.3 Å². The molecule has 0 spiro atoms. The molecule has 2 aromatic carbocycles. The second kappa shape index (κ2) is 8.01. The average molecular weight is 372 g/mol. The van der Waals surface area contributed by atoms with E-state index in [-0.39, 0.29) is 5.91 Å². The Morgan fingerprint density at radius 3 is 2.64 bits per heavy atom. The van der Waals surface area contributed by atoms with Crippen molar-refractivity contribution in [2.24, 2.45) is 0 Å². The van der Waals surface area contributed by atoms with E-state index in [9.17, 15) is 4.79 Å². The van der Waals surface area contributed by atoms with Gasteiger partial charge >= 0.3 is 0 Å². The van der Waals surface area contributed by atoms with Crippen molar-refractivity contribution in [3.63, 3.8) is 0 Å². The number of halogens is 2. The lowest BCUT2D eigenvalue weighted by Gasteiger charge is -2.09. The second-order valence-electron chi connectivity index (χ2n) is 5.34. The van der Waals surface area contributed by atoms with Gasteiger partial charge in [-0.05, 0) is 42.0 Å². The van der Waals surface area contributed by atoms with Crippen LogP contribution in [0.1, 0.15) is 15.9 Å². The molecule has 6 heteroatoms. The van der Waals surface area contributed by atoms with E-state index >= 15 is 0 Å². The first-order valence-electron chi connectivity index (χ1n) is 7.62. The van der Waals surface area contributed by atoms with Gasteiger partial charge in [0.25, 0.3) is 5.91 Å². The van der Waals surface area contributed by atoms with Crippen molar-refractivity contribution in [3.05, 3.63) is 88.0 Å². The van der Waals surface area contributed by atoms with E-state index in [4.69, 9.17) is 23.2 Å². The zero-order valence-electron chi connectivity index (χ0n) is 13.2. The maximum absolute atomic E-state index is 12.4. The van der Waals surface area contributed by atoms with Gasteiger partial charge in [0.15, 0.2) is 0 Å². The monoisotopic (exact) mass is 371 g/mol. The van der Waals surface area contributed by atoms with Crippen molar-refractivity contribution in [2.45, 2.75) is 6.54 Å². The summed E-state index contributed by atoms with van der Waals surface area (Å²) in [5, 5.41) is 7.23. The van der Waals surface area contributed by atoms with Crippen LogP contribution in [-0.4, -0.2) is 10.9 Å². The van der Waals surface area contributed by atoms with Gasteiger partial charge in [0.2, 0.25) is 0 Å². The normalized spacial score (nSPS) is 10.3. The van der Waals surface area contributed by atoms with Crippen molar-refractivity contribution in [1.82, 2.24) is 10.3 Å². The largest absolute Gasteiger partial charge is 0.348 e. The first kappa shape index (κ1) is 17.3. The highest BCUT2D eigenvalue weighted by atomic mass is 35.5. The Bertz CT molecular complexity index is 899. The highest BCUT2D eigenvalue weighted by Gasteiger charge is 2.08. The fourth-order valence-corrected chi connectivity index (χ4v) is 2.67. The highest BCUT2D eigenvalue weighted by molar-refractivity contribution is 6.31. The molecule has 1 heterocycles. The standard InChI is InChI=1S/C19H15Cl2N3O/c20-15-5-3-6-16(11-15)24-18-10-13(8-9-22-18)19(25)23-12-14-4-1-2-7-17(14)21/h1-11H,12H2,(H,22,24)(H,23,25). The fourth-order valence-electron chi connectivity index (χ4n) is 2.27. The lowest BCUT2D eigenvalue weighted by molar-refractivity contribution is 0.0951. The number of anilines is 2. The van der Waals surface area contributed by atoms with E-state index in [0.29, 0.717) is 28.0 Å². The van der Waals surface area contributed by atoms with Crippen molar-refractivity contribution in [2.75, 3.05) is 5.32 Å². The van der Waals surface area contributed by atoms with E-state index in [1.54, 1.807) is 36.5 Å². The summed E-state index contributed by atoms with van der Waals surface area (Å²) in [6.45, 7) is 0.359. The van der Waals surface area contributed by atoms with Gasteiger partial charge in [-0.25, -0.2) is 4.98 Å². The van der Waals surface area contributed by atoms with E-state index in [2.05, 4.69) is 15.6 Å². The molecule has 0 aliphatic heterocycles. The Hall–Kier alpha value is -2.56. The molecule has 1 amide bonds. The van der Waals surface area contributed by atoms with Crippen LogP contribution in [0.5, 0.6) is 0 Å². The first-order valence-corrected chi connectivity index (χ1v) is 8.38. The molecule has 0 saturated carbocycles. The highest BCUT2D eigenvalue weighted by Crippen LogP contribution is 2.19. The molecule has 0 radical (unpaired) electrons. The minimum atomic E-state index is -0.198. The summed E-state index contributed by atoms with van der Waals surface area (Å²) in [5.41, 5.74) is 2.17. The van der Waals surface area contributed by atoms with E-state index in [1.165, 1.54) is 0 Å². The molecule has 4 nitrogen and oxygen atoms in total. The molecule has 0 aliphatic carbocycles. The van der Waals surface area contributed by atoms with Gasteiger partial charge < -0.3 is 10.6 Å². The summed E-state index contributed by atoms with van der Waals surface area (Å²) in [6, 6.07) is 18.0. The topological polar surface area (TPSA) is 54.0 Å². The fraction of sp³-hybridized carbons (Fsp3) is 0.0526. The number of hydrogen-bond acceptors (Lipinski definition) is 3. The molecule has 0 bridgehead atoms. The van der Waals surface area contributed by atoms with Gasteiger partial charge in [0.05, 0.1) is 0 Å². The van der Waals surface area contributed by atoms with Crippen LogP contribution in [-0.2, 0) is 6.54 Å². The summed E-state index contributed by atoms with van der Waals surface area (Å²) in [6.07, 6.45) is 1.58. The molecule has 126 valence electrons. The number of amides is 1. The van der Waals surface area contributed by atoms with Crippen LogP contribution in [0.2, 0.25) is 10.0 Å². The molecule has 3 aromatic rings. The summed E-state index contributed by atoms with van der Waals surface area (Å²) >= 11 is 12.1. The average Bonchev–Trinajstić information content (AvgIpc) is 2.61. The quantitative estimate of drug-likeness (QED) is 0.658. The Labute approximate surface area is 155 Å². The molecule has 1 aromatic heterocycles. The lowest BCUT2D eigenvalue weighted by atomic mass is 10.2. The van der Waals surface area contributed by atoms with Crippen LogP contribution in [0.25, 0.3) is 0 Å². The van der Waals surface area contributed by atoms with Crippen LogP contribution in [0, 0.1) is 0 Å². The maximum atomic E-state index is 12.4. The van der Waals surface area contributed by atoms with Crippen LogP contribution in [0.4, 0.5) is 11.5 Å². The Morgan fingerprint density at radius 1 is 1.00 bits per heavy atom. The molecule has 0 aliphatic rings. The number of aromatic nitrogens is 1. The Balaban J connectivity index is 1.68. The zero-order chi connectivity index (χ0) is 17.6. The number of nitrogens with one attached hydrogen (secondary N) is 2. The summed E-state index contributed by atoms with van der Waals surface area (Å²) < 4.78 is 0. The third kappa shape index (κ3) is 4.72. The number of rotatable bonds is 5. The van der Waals surface area contributed by atoms with Gasteiger partial charge in [-0.15, -0.1) is 0 Å². The minimum Gasteiger partial charge on any atom is -0.348 e. The van der Waals surface area contributed by atoms with Crippen LogP contribution in [0.3, 0.4) is 0 Å². The number of hydrogen-bond donors (Lipinski definition) is 2. The first-order chi connectivity index (χ1) is 12.1.